The van der Waals surface area contributed by atoms with Gasteiger partial charge in [-0.3, -0.25) is 19.7 Å². The van der Waals surface area contributed by atoms with Crippen LogP contribution < -0.4 is 4.90 Å². The topological polar surface area (TPSA) is 62.2 Å². The average molecular weight is 582 g/mol. The van der Waals surface area contributed by atoms with Crippen molar-refractivity contribution in [3.63, 3.8) is 0 Å². The first-order chi connectivity index (χ1) is 20.8. The third-order valence-electron chi connectivity index (χ3n) is 7.73. The van der Waals surface area contributed by atoms with Gasteiger partial charge in [0.15, 0.2) is 0 Å². The van der Waals surface area contributed by atoms with Crippen LogP contribution in [0.5, 0.6) is 0 Å². The lowest BCUT2D eigenvalue weighted by Crippen LogP contribution is -2.46. The Kier molecular flexibility index (Phi) is 8.16. The van der Waals surface area contributed by atoms with E-state index >= 15 is 0 Å². The molecule has 3 aromatic carbocycles. The summed E-state index contributed by atoms with van der Waals surface area (Å²) < 4.78 is 38.4. The highest BCUT2D eigenvalue weighted by Gasteiger charge is 2.30. The van der Waals surface area contributed by atoms with Crippen molar-refractivity contribution < 1.29 is 18.0 Å². The molecule has 6 nitrogen and oxygen atoms in total. The number of pyridine rings is 1. The van der Waals surface area contributed by atoms with Gasteiger partial charge in [0.2, 0.25) is 0 Å². The molecule has 0 saturated carbocycles. The summed E-state index contributed by atoms with van der Waals surface area (Å²) in [6.45, 7) is 4.51. The molecule has 0 amide bonds. The van der Waals surface area contributed by atoms with Crippen molar-refractivity contribution in [2.75, 3.05) is 31.1 Å². The molecule has 218 valence electrons. The predicted octanol–water partition coefficient (Wildman–Crippen LogP) is 6.39. The number of fused-ring (bicyclic) bond motifs is 1. The van der Waals surface area contributed by atoms with Crippen molar-refractivity contribution >= 4 is 22.6 Å². The van der Waals surface area contributed by atoms with E-state index in [1.807, 2.05) is 60.9 Å². The first kappa shape index (κ1) is 28.5. The second kappa shape index (κ2) is 12.3. The minimum atomic E-state index is -4.39. The van der Waals surface area contributed by atoms with Gasteiger partial charge in [-0.15, -0.1) is 0 Å². The highest BCUT2D eigenvalue weighted by Crippen LogP contribution is 2.29. The number of halogens is 3. The van der Waals surface area contributed by atoms with Gasteiger partial charge in [0, 0.05) is 58.0 Å². The maximum absolute atomic E-state index is 12.8. The number of nitrogens with zero attached hydrogens (tertiary/aromatic N) is 5. The van der Waals surface area contributed by atoms with Crippen LogP contribution in [0.1, 0.15) is 22.3 Å². The zero-order valence-corrected chi connectivity index (χ0v) is 23.5. The molecule has 0 aliphatic carbocycles. The van der Waals surface area contributed by atoms with E-state index in [2.05, 4.69) is 25.8 Å². The van der Waals surface area contributed by atoms with Crippen molar-refractivity contribution in [2.24, 2.45) is 0 Å². The van der Waals surface area contributed by atoms with Gasteiger partial charge in [0.1, 0.15) is 11.6 Å². The minimum Gasteiger partial charge on any atom is -0.353 e. The van der Waals surface area contributed by atoms with E-state index in [9.17, 15) is 18.0 Å². The smallest absolute Gasteiger partial charge is 0.353 e. The normalized spacial score (nSPS) is 14.3. The molecule has 2 aromatic heterocycles. The van der Waals surface area contributed by atoms with Crippen LogP contribution in [0.2, 0.25) is 0 Å². The van der Waals surface area contributed by atoms with Gasteiger partial charge in [-0.2, -0.15) is 13.2 Å². The molecule has 0 bridgehead atoms. The van der Waals surface area contributed by atoms with Crippen LogP contribution in [0, 0.1) is 0 Å². The predicted molar refractivity (Wildman–Crippen MR) is 161 cm³/mol. The van der Waals surface area contributed by atoms with E-state index in [0.717, 1.165) is 78.4 Å². The van der Waals surface area contributed by atoms with Crippen LogP contribution in [0.15, 0.2) is 97.5 Å². The molecule has 1 aliphatic rings. The number of alkyl halides is 3. The van der Waals surface area contributed by atoms with Crippen LogP contribution >= 0.6 is 0 Å². The molecule has 0 N–H and O–H groups in total. The maximum Gasteiger partial charge on any atom is 0.416 e. The minimum absolute atomic E-state index is 0.0566. The summed E-state index contributed by atoms with van der Waals surface area (Å²) in [5.41, 5.74) is 5.57. The summed E-state index contributed by atoms with van der Waals surface area (Å²) in [6, 6.07) is 22.6. The number of benzene rings is 3. The number of piperazine rings is 1. The number of ketones is 1. The Bertz CT molecular complexity index is 1700. The SMILES string of the molecule is O=C(Cc1ccc(-c2ccc3ncc(N4CCN(Cc5cccnc5)CC4)nc3c2)cc1)Cc1ccc(C(F)(F)F)cc1. The summed E-state index contributed by atoms with van der Waals surface area (Å²) >= 11 is 0. The number of anilines is 1. The van der Waals surface area contributed by atoms with E-state index in [4.69, 9.17) is 4.98 Å². The molecule has 9 heteroatoms. The Hall–Kier alpha value is -4.63. The molecule has 6 rings (SSSR count). The third-order valence-corrected chi connectivity index (χ3v) is 7.73. The number of Topliss-reactive ketones (excluding diaryl/α,β-unsaturated/α-hetero) is 1. The van der Waals surface area contributed by atoms with Crippen LogP contribution in [0.4, 0.5) is 19.0 Å². The van der Waals surface area contributed by atoms with Gasteiger partial charge in [0.25, 0.3) is 0 Å². The van der Waals surface area contributed by atoms with Gasteiger partial charge < -0.3 is 4.90 Å². The van der Waals surface area contributed by atoms with E-state index in [1.165, 1.54) is 17.7 Å². The number of hydrogen-bond acceptors (Lipinski definition) is 6. The number of rotatable bonds is 8. The zero-order valence-electron chi connectivity index (χ0n) is 23.5. The Labute approximate surface area is 247 Å². The quantitative estimate of drug-likeness (QED) is 0.212. The summed E-state index contributed by atoms with van der Waals surface area (Å²) in [4.78, 5) is 31.1. The van der Waals surface area contributed by atoms with Gasteiger partial charge in [-0.25, -0.2) is 4.98 Å². The Balaban J connectivity index is 1.08. The summed E-state index contributed by atoms with van der Waals surface area (Å²) in [7, 11) is 0. The van der Waals surface area contributed by atoms with Crippen molar-refractivity contribution in [1.29, 1.82) is 0 Å². The van der Waals surface area contributed by atoms with Crippen LogP contribution in [-0.4, -0.2) is 51.8 Å². The first-order valence-electron chi connectivity index (χ1n) is 14.2. The molecule has 1 fully saturated rings. The lowest BCUT2D eigenvalue weighted by Gasteiger charge is -2.35. The van der Waals surface area contributed by atoms with Crippen molar-refractivity contribution in [3.8, 4) is 11.1 Å². The third kappa shape index (κ3) is 7.06. The molecule has 0 spiro atoms. The molecule has 0 atom stereocenters. The summed E-state index contributed by atoms with van der Waals surface area (Å²) in [5.74, 6) is 0.812. The standard InChI is InChI=1S/C34H30F3N5O/c35-34(36,37)29-10-5-25(6-11-29)19-30(43)18-24-3-7-27(8-4-24)28-9-12-31-32(20-28)40-33(22-39-31)42-16-14-41(15-17-42)23-26-2-1-13-38-21-26/h1-13,20-22H,14-19,23H2. The van der Waals surface area contributed by atoms with Gasteiger partial charge >= 0.3 is 6.18 Å². The van der Waals surface area contributed by atoms with E-state index < -0.39 is 11.7 Å². The first-order valence-corrected chi connectivity index (χ1v) is 14.2. The molecule has 1 aliphatic heterocycles. The van der Waals surface area contributed by atoms with Crippen molar-refractivity contribution in [1.82, 2.24) is 19.9 Å². The fraction of sp³-hybridized carbons (Fsp3) is 0.235. The highest BCUT2D eigenvalue weighted by atomic mass is 19.4. The fourth-order valence-corrected chi connectivity index (χ4v) is 5.36. The lowest BCUT2D eigenvalue weighted by molar-refractivity contribution is -0.137. The molecular formula is C34H30F3N5O. The van der Waals surface area contributed by atoms with E-state index in [0.29, 0.717) is 5.56 Å². The molecule has 5 aromatic rings. The van der Waals surface area contributed by atoms with Gasteiger partial charge in [-0.1, -0.05) is 48.5 Å². The number of hydrogen-bond donors (Lipinski definition) is 0. The largest absolute Gasteiger partial charge is 0.416 e. The number of carbonyl (C=O) groups excluding carboxylic acids is 1. The maximum atomic E-state index is 12.8. The van der Waals surface area contributed by atoms with E-state index in [1.54, 1.807) is 6.20 Å². The van der Waals surface area contributed by atoms with Gasteiger partial charge in [0.05, 0.1) is 22.8 Å². The molecule has 0 radical (unpaired) electrons. The number of carbonyl (C=O) groups is 1. The number of aromatic nitrogens is 3. The monoisotopic (exact) mass is 581 g/mol. The molecule has 0 unspecified atom stereocenters. The summed E-state index contributed by atoms with van der Waals surface area (Å²) in [5, 5.41) is 0. The van der Waals surface area contributed by atoms with Gasteiger partial charge in [-0.05, 0) is 58.1 Å². The highest BCUT2D eigenvalue weighted by molar-refractivity contribution is 5.84. The fourth-order valence-electron chi connectivity index (χ4n) is 5.36. The Morgan fingerprint density at radius 1 is 0.744 bits per heavy atom. The molecule has 43 heavy (non-hydrogen) atoms. The van der Waals surface area contributed by atoms with Crippen LogP contribution in [-0.2, 0) is 30.4 Å². The average Bonchev–Trinajstić information content (AvgIpc) is 3.01. The lowest BCUT2D eigenvalue weighted by atomic mass is 9.99. The second-order valence-corrected chi connectivity index (χ2v) is 10.8. The van der Waals surface area contributed by atoms with Crippen molar-refractivity contribution in [2.45, 2.75) is 25.6 Å². The summed E-state index contributed by atoms with van der Waals surface area (Å²) in [6.07, 6.45) is 1.46. The molecule has 1 saturated heterocycles. The second-order valence-electron chi connectivity index (χ2n) is 10.8. The molecular weight excluding hydrogens is 551 g/mol. The molecule has 3 heterocycles. The Morgan fingerprint density at radius 2 is 1.42 bits per heavy atom. The van der Waals surface area contributed by atoms with E-state index in [-0.39, 0.29) is 18.6 Å². The van der Waals surface area contributed by atoms with Crippen LogP contribution in [0.25, 0.3) is 22.2 Å². The Morgan fingerprint density at radius 3 is 2.07 bits per heavy atom. The zero-order chi connectivity index (χ0) is 29.8. The van der Waals surface area contributed by atoms with Crippen LogP contribution in [0.3, 0.4) is 0 Å². The van der Waals surface area contributed by atoms with Crippen molar-refractivity contribution in [3.05, 3.63) is 120 Å².